The highest BCUT2D eigenvalue weighted by molar-refractivity contribution is 9.10. The summed E-state index contributed by atoms with van der Waals surface area (Å²) in [6.45, 7) is 0.932. The molecule has 0 spiro atoms. The fraction of sp³-hybridized carbons (Fsp3) is 0.176. The molecule has 0 N–H and O–H groups in total. The van der Waals surface area contributed by atoms with Crippen molar-refractivity contribution in [2.24, 2.45) is 0 Å². The Morgan fingerprint density at radius 3 is 2.23 bits per heavy atom. The Kier molecular flexibility index (Phi) is 4.47. The summed E-state index contributed by atoms with van der Waals surface area (Å²) in [7, 11) is -3.42. The molecule has 0 aromatic heterocycles. The van der Waals surface area contributed by atoms with Gasteiger partial charge in [-0.2, -0.15) is 4.31 Å². The van der Waals surface area contributed by atoms with Crippen LogP contribution in [-0.4, -0.2) is 25.8 Å². The minimum absolute atomic E-state index is 0.340. The van der Waals surface area contributed by atoms with E-state index in [1.807, 2.05) is 24.3 Å². The summed E-state index contributed by atoms with van der Waals surface area (Å²) in [5, 5.41) is 0. The van der Waals surface area contributed by atoms with Gasteiger partial charge in [0, 0.05) is 17.6 Å². The fourth-order valence-electron chi connectivity index (χ4n) is 2.54. The predicted octanol–water partition coefficient (Wildman–Crippen LogP) is 3.93. The monoisotopic (exact) mass is 377 g/mol. The quantitative estimate of drug-likeness (QED) is 0.812. The highest BCUT2D eigenvalue weighted by Gasteiger charge is 2.26. The van der Waals surface area contributed by atoms with Gasteiger partial charge >= 0.3 is 0 Å². The Balaban J connectivity index is 1.81. The normalized spacial score (nSPS) is 16.3. The molecule has 5 heteroatoms. The third-order valence-electron chi connectivity index (χ3n) is 3.77. The van der Waals surface area contributed by atoms with E-state index in [1.54, 1.807) is 24.3 Å². The standard InChI is InChI=1S/C17H16BrNO2S/c18-16-6-8-17(9-7-16)22(20,21)19-12-10-15(11-13-19)14-4-2-1-3-5-14/h1-10H,11-13H2. The van der Waals surface area contributed by atoms with Crippen molar-refractivity contribution in [3.63, 3.8) is 0 Å². The van der Waals surface area contributed by atoms with Gasteiger partial charge in [0.15, 0.2) is 0 Å². The highest BCUT2D eigenvalue weighted by atomic mass is 79.9. The van der Waals surface area contributed by atoms with Gasteiger partial charge in [0.25, 0.3) is 0 Å². The van der Waals surface area contributed by atoms with E-state index in [2.05, 4.69) is 28.1 Å². The lowest BCUT2D eigenvalue weighted by molar-refractivity contribution is 0.441. The third kappa shape index (κ3) is 3.16. The number of benzene rings is 2. The molecule has 0 aliphatic carbocycles. The maximum absolute atomic E-state index is 12.6. The molecular formula is C17H16BrNO2S. The van der Waals surface area contributed by atoms with Crippen molar-refractivity contribution in [2.75, 3.05) is 13.1 Å². The van der Waals surface area contributed by atoms with Crippen molar-refractivity contribution < 1.29 is 8.42 Å². The van der Waals surface area contributed by atoms with Gasteiger partial charge in [0.2, 0.25) is 10.0 Å². The summed E-state index contributed by atoms with van der Waals surface area (Å²) >= 11 is 3.32. The molecule has 0 amide bonds. The average molecular weight is 378 g/mol. The van der Waals surface area contributed by atoms with Gasteiger partial charge in [-0.05, 0) is 41.8 Å². The van der Waals surface area contributed by atoms with E-state index in [4.69, 9.17) is 0 Å². The molecule has 1 aliphatic heterocycles. The third-order valence-corrected chi connectivity index (χ3v) is 6.18. The number of halogens is 1. The molecule has 0 atom stereocenters. The van der Waals surface area contributed by atoms with Crippen molar-refractivity contribution in [1.29, 1.82) is 0 Å². The Labute approximate surface area is 139 Å². The van der Waals surface area contributed by atoms with Crippen LogP contribution in [-0.2, 0) is 10.0 Å². The van der Waals surface area contributed by atoms with Crippen molar-refractivity contribution in [1.82, 2.24) is 4.31 Å². The lowest BCUT2D eigenvalue weighted by Gasteiger charge is -2.26. The van der Waals surface area contributed by atoms with E-state index >= 15 is 0 Å². The second-order valence-corrected chi connectivity index (χ2v) is 8.02. The molecule has 0 bridgehead atoms. The summed E-state index contributed by atoms with van der Waals surface area (Å²) in [6, 6.07) is 16.9. The van der Waals surface area contributed by atoms with Gasteiger partial charge in [0.1, 0.15) is 0 Å². The van der Waals surface area contributed by atoms with Crippen LogP contribution >= 0.6 is 15.9 Å². The molecule has 114 valence electrons. The number of sulfonamides is 1. The number of hydrogen-bond donors (Lipinski definition) is 0. The lowest BCUT2D eigenvalue weighted by Crippen LogP contribution is -2.34. The molecular weight excluding hydrogens is 362 g/mol. The Morgan fingerprint density at radius 1 is 0.955 bits per heavy atom. The summed E-state index contributed by atoms with van der Waals surface area (Å²) in [5.74, 6) is 0. The van der Waals surface area contributed by atoms with Crippen LogP contribution in [0, 0.1) is 0 Å². The van der Waals surface area contributed by atoms with E-state index in [9.17, 15) is 8.42 Å². The molecule has 3 nitrogen and oxygen atoms in total. The predicted molar refractivity (Wildman–Crippen MR) is 91.9 cm³/mol. The van der Waals surface area contributed by atoms with Gasteiger partial charge in [-0.15, -0.1) is 0 Å². The van der Waals surface area contributed by atoms with Gasteiger partial charge in [0.05, 0.1) is 4.90 Å². The van der Waals surface area contributed by atoms with Crippen molar-refractivity contribution in [3.8, 4) is 0 Å². The number of rotatable bonds is 3. The van der Waals surface area contributed by atoms with Crippen LogP contribution in [0.3, 0.4) is 0 Å². The zero-order valence-corrected chi connectivity index (χ0v) is 14.3. The van der Waals surface area contributed by atoms with Gasteiger partial charge < -0.3 is 0 Å². The minimum Gasteiger partial charge on any atom is -0.207 e. The smallest absolute Gasteiger partial charge is 0.207 e. The first-order valence-corrected chi connectivity index (χ1v) is 9.31. The van der Waals surface area contributed by atoms with E-state index in [1.165, 1.54) is 15.4 Å². The van der Waals surface area contributed by atoms with Crippen LogP contribution in [0.15, 0.2) is 70.0 Å². The maximum Gasteiger partial charge on any atom is 0.243 e. The van der Waals surface area contributed by atoms with Crippen molar-refractivity contribution in [2.45, 2.75) is 11.3 Å². The minimum atomic E-state index is -3.42. The molecule has 0 saturated carbocycles. The zero-order valence-electron chi connectivity index (χ0n) is 11.9. The first-order chi connectivity index (χ1) is 10.6. The molecule has 1 heterocycles. The van der Waals surface area contributed by atoms with E-state index < -0.39 is 10.0 Å². The highest BCUT2D eigenvalue weighted by Crippen LogP contribution is 2.26. The number of nitrogens with zero attached hydrogens (tertiary/aromatic N) is 1. The van der Waals surface area contributed by atoms with Crippen LogP contribution in [0.25, 0.3) is 5.57 Å². The topological polar surface area (TPSA) is 37.4 Å². The summed E-state index contributed by atoms with van der Waals surface area (Å²) < 4.78 is 27.6. The van der Waals surface area contributed by atoms with Crippen molar-refractivity contribution >= 4 is 31.5 Å². The van der Waals surface area contributed by atoms with Crippen LogP contribution in [0.5, 0.6) is 0 Å². The molecule has 3 rings (SSSR count). The molecule has 0 radical (unpaired) electrons. The largest absolute Gasteiger partial charge is 0.243 e. The summed E-state index contributed by atoms with van der Waals surface area (Å²) in [6.07, 6.45) is 2.75. The molecule has 0 saturated heterocycles. The lowest BCUT2D eigenvalue weighted by atomic mass is 10.0. The van der Waals surface area contributed by atoms with Gasteiger partial charge in [-0.1, -0.05) is 52.3 Å². The number of hydrogen-bond acceptors (Lipinski definition) is 2. The van der Waals surface area contributed by atoms with Crippen LogP contribution < -0.4 is 0 Å². The van der Waals surface area contributed by atoms with Gasteiger partial charge in [-0.25, -0.2) is 8.42 Å². The van der Waals surface area contributed by atoms with Crippen LogP contribution in [0.2, 0.25) is 0 Å². The Bertz CT molecular complexity index is 783. The van der Waals surface area contributed by atoms with E-state index in [0.717, 1.165) is 10.9 Å². The summed E-state index contributed by atoms with van der Waals surface area (Å²) in [4.78, 5) is 0.340. The first-order valence-electron chi connectivity index (χ1n) is 7.07. The van der Waals surface area contributed by atoms with Gasteiger partial charge in [-0.3, -0.25) is 0 Å². The fourth-order valence-corrected chi connectivity index (χ4v) is 4.18. The Morgan fingerprint density at radius 2 is 1.64 bits per heavy atom. The second-order valence-electron chi connectivity index (χ2n) is 5.16. The molecule has 0 fully saturated rings. The van der Waals surface area contributed by atoms with E-state index in [0.29, 0.717) is 18.0 Å². The Hall–Kier alpha value is -1.43. The maximum atomic E-state index is 12.6. The molecule has 2 aromatic rings. The first kappa shape index (κ1) is 15.5. The summed E-state index contributed by atoms with van der Waals surface area (Å²) in [5.41, 5.74) is 2.38. The molecule has 0 unspecified atom stereocenters. The zero-order chi connectivity index (χ0) is 15.6. The van der Waals surface area contributed by atoms with Crippen molar-refractivity contribution in [3.05, 3.63) is 70.7 Å². The molecule has 22 heavy (non-hydrogen) atoms. The van der Waals surface area contributed by atoms with E-state index in [-0.39, 0.29) is 0 Å². The van der Waals surface area contributed by atoms with Crippen LogP contribution in [0.4, 0.5) is 0 Å². The average Bonchev–Trinajstić information content (AvgIpc) is 2.56. The second kappa shape index (κ2) is 6.36. The molecule has 1 aliphatic rings. The molecule has 2 aromatic carbocycles. The van der Waals surface area contributed by atoms with Crippen LogP contribution in [0.1, 0.15) is 12.0 Å². The SMILES string of the molecule is O=S(=O)(c1ccc(Br)cc1)N1CC=C(c2ccccc2)CC1.